The highest BCUT2D eigenvalue weighted by atomic mass is 16.6. The summed E-state index contributed by atoms with van der Waals surface area (Å²) in [5, 5.41) is 10.7. The van der Waals surface area contributed by atoms with E-state index >= 15 is 0 Å². The fourth-order valence-corrected chi connectivity index (χ4v) is 2.21. The number of aryl methyl sites for hydroxylation is 1. The number of nitro groups is 1. The van der Waals surface area contributed by atoms with Crippen LogP contribution in [0.15, 0.2) is 66.9 Å². The molecule has 0 N–H and O–H groups in total. The van der Waals surface area contributed by atoms with Gasteiger partial charge in [0.15, 0.2) is 0 Å². The molecule has 0 fully saturated rings. The monoisotopic (exact) mass is 336 g/mol. The average Bonchev–Trinajstić information content (AvgIpc) is 2.63. The number of nitrogens with zero attached hydrogens (tertiary/aromatic N) is 2. The Morgan fingerprint density at radius 1 is 1.04 bits per heavy atom. The molecule has 0 saturated heterocycles. The van der Waals surface area contributed by atoms with Crippen LogP contribution in [0.2, 0.25) is 0 Å². The van der Waals surface area contributed by atoms with Gasteiger partial charge in [-0.1, -0.05) is 30.3 Å². The van der Waals surface area contributed by atoms with Gasteiger partial charge in [0.2, 0.25) is 5.88 Å². The van der Waals surface area contributed by atoms with Gasteiger partial charge < -0.3 is 9.47 Å². The first-order valence-corrected chi connectivity index (χ1v) is 7.67. The molecule has 0 spiro atoms. The van der Waals surface area contributed by atoms with Crippen molar-refractivity contribution >= 4 is 5.69 Å². The highest BCUT2D eigenvalue weighted by molar-refractivity contribution is 5.40. The topological polar surface area (TPSA) is 74.5 Å². The maximum Gasteiger partial charge on any atom is 0.288 e. The lowest BCUT2D eigenvalue weighted by Crippen LogP contribution is -1.96. The Kier molecular flexibility index (Phi) is 4.89. The van der Waals surface area contributed by atoms with Crippen molar-refractivity contribution in [3.8, 4) is 17.4 Å². The quantitative estimate of drug-likeness (QED) is 0.483. The third-order valence-electron chi connectivity index (χ3n) is 3.51. The van der Waals surface area contributed by atoms with E-state index in [0.717, 1.165) is 11.3 Å². The van der Waals surface area contributed by atoms with Crippen molar-refractivity contribution in [1.82, 2.24) is 4.98 Å². The van der Waals surface area contributed by atoms with Crippen LogP contribution in [0.1, 0.15) is 11.1 Å². The van der Waals surface area contributed by atoms with Gasteiger partial charge in [-0.3, -0.25) is 10.1 Å². The number of pyridine rings is 1. The van der Waals surface area contributed by atoms with E-state index in [4.69, 9.17) is 9.47 Å². The van der Waals surface area contributed by atoms with Crippen LogP contribution in [0.4, 0.5) is 5.69 Å². The summed E-state index contributed by atoms with van der Waals surface area (Å²) in [7, 11) is 0. The Labute approximate surface area is 144 Å². The van der Waals surface area contributed by atoms with E-state index < -0.39 is 4.92 Å². The second-order valence-corrected chi connectivity index (χ2v) is 5.42. The molecule has 3 aromatic rings. The van der Waals surface area contributed by atoms with E-state index in [0.29, 0.717) is 23.8 Å². The fraction of sp³-hybridized carbons (Fsp3) is 0.105. The second kappa shape index (κ2) is 7.44. The SMILES string of the molecule is Cc1cc([N+](=O)[O-])cnc1Oc1ccc(OCc2ccccc2)cc1. The summed E-state index contributed by atoms with van der Waals surface area (Å²) < 4.78 is 11.4. The normalized spacial score (nSPS) is 10.3. The largest absolute Gasteiger partial charge is 0.489 e. The van der Waals surface area contributed by atoms with E-state index in [1.54, 1.807) is 31.2 Å². The molecule has 25 heavy (non-hydrogen) atoms. The van der Waals surface area contributed by atoms with Crippen LogP contribution in [0.5, 0.6) is 17.4 Å². The predicted molar refractivity (Wildman–Crippen MR) is 92.9 cm³/mol. The highest BCUT2D eigenvalue weighted by Gasteiger charge is 2.11. The van der Waals surface area contributed by atoms with Gasteiger partial charge in [-0.05, 0) is 36.8 Å². The molecule has 0 aliphatic heterocycles. The van der Waals surface area contributed by atoms with Crippen molar-refractivity contribution in [2.24, 2.45) is 0 Å². The van der Waals surface area contributed by atoms with Crippen molar-refractivity contribution in [1.29, 1.82) is 0 Å². The Morgan fingerprint density at radius 2 is 1.72 bits per heavy atom. The second-order valence-electron chi connectivity index (χ2n) is 5.42. The molecule has 0 aliphatic rings. The molecule has 0 amide bonds. The molecule has 6 nitrogen and oxygen atoms in total. The van der Waals surface area contributed by atoms with Crippen molar-refractivity contribution in [2.75, 3.05) is 0 Å². The zero-order valence-corrected chi connectivity index (χ0v) is 13.6. The van der Waals surface area contributed by atoms with Crippen molar-refractivity contribution in [3.05, 3.63) is 88.1 Å². The molecule has 0 aliphatic carbocycles. The molecule has 1 heterocycles. The van der Waals surface area contributed by atoms with Crippen molar-refractivity contribution in [2.45, 2.75) is 13.5 Å². The minimum Gasteiger partial charge on any atom is -0.489 e. The molecular formula is C19H16N2O4. The van der Waals surface area contributed by atoms with Gasteiger partial charge >= 0.3 is 0 Å². The van der Waals surface area contributed by atoms with E-state index in [-0.39, 0.29) is 5.69 Å². The minimum atomic E-state index is -0.483. The van der Waals surface area contributed by atoms with Crippen LogP contribution in [0.25, 0.3) is 0 Å². The summed E-state index contributed by atoms with van der Waals surface area (Å²) in [6, 6.07) is 18.5. The first-order valence-electron chi connectivity index (χ1n) is 7.67. The summed E-state index contributed by atoms with van der Waals surface area (Å²) in [6.07, 6.45) is 1.18. The highest BCUT2D eigenvalue weighted by Crippen LogP contribution is 2.27. The third-order valence-corrected chi connectivity index (χ3v) is 3.51. The molecule has 0 unspecified atom stereocenters. The first-order chi connectivity index (χ1) is 12.1. The molecule has 0 atom stereocenters. The van der Waals surface area contributed by atoms with Gasteiger partial charge in [-0.25, -0.2) is 4.98 Å². The molecular weight excluding hydrogens is 320 g/mol. The zero-order valence-electron chi connectivity index (χ0n) is 13.6. The third kappa shape index (κ3) is 4.32. The van der Waals surface area contributed by atoms with Crippen LogP contribution in [-0.2, 0) is 6.61 Å². The van der Waals surface area contributed by atoms with Gasteiger partial charge in [0.05, 0.1) is 4.92 Å². The van der Waals surface area contributed by atoms with E-state index in [1.807, 2.05) is 30.3 Å². The minimum absolute atomic E-state index is 0.0606. The standard InChI is InChI=1S/C19H16N2O4/c1-14-11-16(21(22)23)12-20-19(14)25-18-9-7-17(8-10-18)24-13-15-5-3-2-4-6-15/h2-12H,13H2,1H3. The fourth-order valence-electron chi connectivity index (χ4n) is 2.21. The summed E-state index contributed by atoms with van der Waals surface area (Å²) in [5.41, 5.74) is 1.63. The van der Waals surface area contributed by atoms with E-state index in [2.05, 4.69) is 4.98 Å². The van der Waals surface area contributed by atoms with Crippen molar-refractivity contribution < 1.29 is 14.4 Å². The van der Waals surface area contributed by atoms with Gasteiger partial charge in [0, 0.05) is 11.6 Å². The van der Waals surface area contributed by atoms with Gasteiger partial charge in [-0.15, -0.1) is 0 Å². The van der Waals surface area contributed by atoms with Crippen LogP contribution in [-0.4, -0.2) is 9.91 Å². The molecule has 126 valence electrons. The average molecular weight is 336 g/mol. The van der Waals surface area contributed by atoms with E-state index in [1.165, 1.54) is 12.3 Å². The number of aromatic nitrogens is 1. The maximum absolute atomic E-state index is 10.7. The molecule has 0 bridgehead atoms. The molecule has 0 radical (unpaired) electrons. The Bertz CT molecular complexity index is 864. The molecule has 1 aromatic heterocycles. The Morgan fingerprint density at radius 3 is 2.36 bits per heavy atom. The van der Waals surface area contributed by atoms with Gasteiger partial charge in [-0.2, -0.15) is 0 Å². The van der Waals surface area contributed by atoms with Crippen LogP contribution >= 0.6 is 0 Å². The first kappa shape index (κ1) is 16.4. The van der Waals surface area contributed by atoms with Gasteiger partial charge in [0.1, 0.15) is 24.3 Å². The van der Waals surface area contributed by atoms with Crippen LogP contribution in [0, 0.1) is 17.0 Å². The Balaban J connectivity index is 1.63. The predicted octanol–water partition coefficient (Wildman–Crippen LogP) is 4.67. The molecule has 0 saturated carbocycles. The molecule has 2 aromatic carbocycles. The summed E-state index contributed by atoms with van der Waals surface area (Å²) >= 11 is 0. The van der Waals surface area contributed by atoms with Crippen molar-refractivity contribution in [3.63, 3.8) is 0 Å². The van der Waals surface area contributed by atoms with Gasteiger partial charge in [0.25, 0.3) is 5.69 Å². The lowest BCUT2D eigenvalue weighted by Gasteiger charge is -2.09. The number of benzene rings is 2. The maximum atomic E-state index is 10.7. The summed E-state index contributed by atoms with van der Waals surface area (Å²) in [4.78, 5) is 14.2. The smallest absolute Gasteiger partial charge is 0.288 e. The van der Waals surface area contributed by atoms with Crippen LogP contribution in [0.3, 0.4) is 0 Å². The molecule has 3 rings (SSSR count). The lowest BCUT2D eigenvalue weighted by atomic mass is 10.2. The Hall–Kier alpha value is -3.41. The summed E-state index contributed by atoms with van der Waals surface area (Å²) in [6.45, 7) is 2.21. The zero-order chi connectivity index (χ0) is 17.6. The lowest BCUT2D eigenvalue weighted by molar-refractivity contribution is -0.385. The summed E-state index contributed by atoms with van der Waals surface area (Å²) in [5.74, 6) is 1.64. The number of rotatable bonds is 6. The number of ether oxygens (including phenoxy) is 2. The number of hydrogen-bond donors (Lipinski definition) is 0. The molecule has 6 heteroatoms. The van der Waals surface area contributed by atoms with Crippen LogP contribution < -0.4 is 9.47 Å². The van der Waals surface area contributed by atoms with E-state index in [9.17, 15) is 10.1 Å². The number of hydrogen-bond acceptors (Lipinski definition) is 5.